The topological polar surface area (TPSA) is 41.6 Å². The van der Waals surface area contributed by atoms with E-state index in [0.29, 0.717) is 12.5 Å². The SMILES string of the molecule is CCC(CC)N[C@H]1CC(=O)N(c2ccccc2OC)C1. The van der Waals surface area contributed by atoms with Crippen LogP contribution >= 0.6 is 0 Å². The molecule has 0 aliphatic carbocycles. The summed E-state index contributed by atoms with van der Waals surface area (Å²) in [5.41, 5.74) is 0.869. The Morgan fingerprint density at radius 3 is 2.70 bits per heavy atom. The van der Waals surface area contributed by atoms with E-state index in [0.717, 1.165) is 30.8 Å². The monoisotopic (exact) mass is 276 g/mol. The molecular formula is C16H24N2O2. The van der Waals surface area contributed by atoms with Crippen molar-refractivity contribution in [3.8, 4) is 5.75 Å². The van der Waals surface area contributed by atoms with E-state index in [1.807, 2.05) is 29.2 Å². The summed E-state index contributed by atoms with van der Waals surface area (Å²) in [5.74, 6) is 0.919. The Bertz CT molecular complexity index is 458. The Morgan fingerprint density at radius 1 is 1.35 bits per heavy atom. The number of anilines is 1. The van der Waals surface area contributed by atoms with E-state index in [-0.39, 0.29) is 11.9 Å². The Hall–Kier alpha value is -1.55. The predicted molar refractivity (Wildman–Crippen MR) is 81.3 cm³/mol. The van der Waals surface area contributed by atoms with Crippen LogP contribution in [0.4, 0.5) is 5.69 Å². The highest BCUT2D eigenvalue weighted by Gasteiger charge is 2.32. The number of benzene rings is 1. The third-order valence-electron chi connectivity index (χ3n) is 3.96. The van der Waals surface area contributed by atoms with Crippen LogP contribution in [0.15, 0.2) is 24.3 Å². The van der Waals surface area contributed by atoms with Crippen molar-refractivity contribution in [1.29, 1.82) is 0 Å². The summed E-state index contributed by atoms with van der Waals surface area (Å²) in [6.45, 7) is 5.07. The van der Waals surface area contributed by atoms with Crippen molar-refractivity contribution in [2.45, 2.75) is 45.2 Å². The molecule has 1 fully saturated rings. The lowest BCUT2D eigenvalue weighted by Gasteiger charge is -2.22. The molecule has 110 valence electrons. The van der Waals surface area contributed by atoms with E-state index in [4.69, 9.17) is 4.74 Å². The molecule has 1 aromatic rings. The van der Waals surface area contributed by atoms with Gasteiger partial charge >= 0.3 is 0 Å². The Balaban J connectivity index is 2.09. The molecule has 1 aliphatic rings. The highest BCUT2D eigenvalue weighted by molar-refractivity contribution is 5.97. The minimum absolute atomic E-state index is 0.165. The molecule has 1 amide bonds. The van der Waals surface area contributed by atoms with Gasteiger partial charge in [0, 0.05) is 25.0 Å². The number of nitrogens with zero attached hydrogens (tertiary/aromatic N) is 1. The molecule has 4 heteroatoms. The number of carbonyl (C=O) groups excluding carboxylic acids is 1. The van der Waals surface area contributed by atoms with E-state index >= 15 is 0 Å². The van der Waals surface area contributed by atoms with Gasteiger partial charge < -0.3 is 15.0 Å². The number of rotatable bonds is 6. The van der Waals surface area contributed by atoms with Crippen LogP contribution in [0.2, 0.25) is 0 Å². The van der Waals surface area contributed by atoms with Crippen LogP contribution in [0.1, 0.15) is 33.1 Å². The molecule has 1 heterocycles. The first-order valence-corrected chi connectivity index (χ1v) is 7.39. The summed E-state index contributed by atoms with van der Waals surface area (Å²) in [5, 5.41) is 3.58. The zero-order valence-corrected chi connectivity index (χ0v) is 12.6. The second-order valence-corrected chi connectivity index (χ2v) is 5.26. The molecule has 0 saturated carbocycles. The normalized spacial score (nSPS) is 18.9. The van der Waals surface area contributed by atoms with Gasteiger partial charge in [-0.1, -0.05) is 26.0 Å². The molecule has 0 spiro atoms. The first-order valence-electron chi connectivity index (χ1n) is 7.39. The molecule has 0 radical (unpaired) electrons. The number of ether oxygens (including phenoxy) is 1. The number of para-hydroxylation sites is 2. The van der Waals surface area contributed by atoms with Crippen LogP contribution < -0.4 is 15.0 Å². The number of hydrogen-bond donors (Lipinski definition) is 1. The van der Waals surface area contributed by atoms with Crippen molar-refractivity contribution in [3.05, 3.63) is 24.3 Å². The van der Waals surface area contributed by atoms with Crippen LogP contribution in [-0.4, -0.2) is 31.6 Å². The van der Waals surface area contributed by atoms with E-state index in [2.05, 4.69) is 19.2 Å². The maximum Gasteiger partial charge on any atom is 0.228 e. The van der Waals surface area contributed by atoms with Gasteiger partial charge in [0.1, 0.15) is 5.75 Å². The fraction of sp³-hybridized carbons (Fsp3) is 0.562. The van der Waals surface area contributed by atoms with Gasteiger partial charge in [-0.25, -0.2) is 0 Å². The van der Waals surface area contributed by atoms with Crippen LogP contribution in [0.3, 0.4) is 0 Å². The number of amides is 1. The fourth-order valence-electron chi connectivity index (χ4n) is 2.76. The van der Waals surface area contributed by atoms with Crippen molar-refractivity contribution in [2.75, 3.05) is 18.6 Å². The quantitative estimate of drug-likeness (QED) is 0.868. The largest absolute Gasteiger partial charge is 0.495 e. The number of hydrogen-bond acceptors (Lipinski definition) is 3. The van der Waals surface area contributed by atoms with Crippen molar-refractivity contribution in [2.24, 2.45) is 0 Å². The number of nitrogens with one attached hydrogen (secondary N) is 1. The lowest BCUT2D eigenvalue weighted by atomic mass is 10.1. The Morgan fingerprint density at radius 2 is 2.05 bits per heavy atom. The van der Waals surface area contributed by atoms with Crippen LogP contribution in [-0.2, 0) is 4.79 Å². The number of carbonyl (C=O) groups is 1. The molecule has 1 atom stereocenters. The van der Waals surface area contributed by atoms with Gasteiger partial charge in [-0.15, -0.1) is 0 Å². The smallest absolute Gasteiger partial charge is 0.228 e. The zero-order chi connectivity index (χ0) is 14.5. The van der Waals surface area contributed by atoms with Crippen LogP contribution in [0.5, 0.6) is 5.75 Å². The first-order chi connectivity index (χ1) is 9.69. The Labute approximate surface area is 121 Å². The predicted octanol–water partition coefficient (Wildman–Crippen LogP) is 2.58. The van der Waals surface area contributed by atoms with Gasteiger partial charge in [0.15, 0.2) is 0 Å². The Kier molecular flexibility index (Phi) is 5.01. The summed E-state index contributed by atoms with van der Waals surface area (Å²) >= 11 is 0. The summed E-state index contributed by atoms with van der Waals surface area (Å²) in [6.07, 6.45) is 2.75. The lowest BCUT2D eigenvalue weighted by Crippen LogP contribution is -2.39. The molecule has 2 rings (SSSR count). The molecule has 1 N–H and O–H groups in total. The highest BCUT2D eigenvalue weighted by Crippen LogP contribution is 2.31. The average Bonchev–Trinajstić information content (AvgIpc) is 2.85. The third kappa shape index (κ3) is 3.12. The lowest BCUT2D eigenvalue weighted by molar-refractivity contribution is -0.117. The second-order valence-electron chi connectivity index (χ2n) is 5.26. The molecule has 0 aromatic heterocycles. The molecule has 4 nitrogen and oxygen atoms in total. The molecule has 1 saturated heterocycles. The van der Waals surface area contributed by atoms with Crippen molar-refractivity contribution < 1.29 is 9.53 Å². The standard InChI is InChI=1S/C16H24N2O2/c1-4-12(5-2)17-13-10-16(19)18(11-13)14-8-6-7-9-15(14)20-3/h6-9,12-13,17H,4-5,10-11H2,1-3H3/t13-/m0/s1. The van der Waals surface area contributed by atoms with Crippen molar-refractivity contribution in [1.82, 2.24) is 5.32 Å². The zero-order valence-electron chi connectivity index (χ0n) is 12.6. The molecule has 20 heavy (non-hydrogen) atoms. The van der Waals surface area contributed by atoms with E-state index in [1.54, 1.807) is 7.11 Å². The molecular weight excluding hydrogens is 252 g/mol. The minimum atomic E-state index is 0.165. The van der Waals surface area contributed by atoms with Crippen LogP contribution in [0, 0.1) is 0 Å². The van der Waals surface area contributed by atoms with Gasteiger partial charge in [-0.2, -0.15) is 0 Å². The molecule has 1 aromatic carbocycles. The fourth-order valence-corrected chi connectivity index (χ4v) is 2.76. The van der Waals surface area contributed by atoms with Crippen molar-refractivity contribution in [3.63, 3.8) is 0 Å². The van der Waals surface area contributed by atoms with E-state index < -0.39 is 0 Å². The highest BCUT2D eigenvalue weighted by atomic mass is 16.5. The van der Waals surface area contributed by atoms with Gasteiger partial charge in [-0.3, -0.25) is 4.79 Å². The maximum absolute atomic E-state index is 12.2. The van der Waals surface area contributed by atoms with Gasteiger partial charge in [0.05, 0.1) is 12.8 Å². The van der Waals surface area contributed by atoms with Gasteiger partial charge in [-0.05, 0) is 25.0 Å². The molecule has 1 aliphatic heterocycles. The summed E-state index contributed by atoms with van der Waals surface area (Å²) < 4.78 is 5.35. The van der Waals surface area contributed by atoms with Gasteiger partial charge in [0.2, 0.25) is 5.91 Å². The molecule has 0 unspecified atom stereocenters. The van der Waals surface area contributed by atoms with Crippen LogP contribution in [0.25, 0.3) is 0 Å². The van der Waals surface area contributed by atoms with E-state index in [9.17, 15) is 4.79 Å². The molecule has 0 bridgehead atoms. The third-order valence-corrected chi connectivity index (χ3v) is 3.96. The first kappa shape index (κ1) is 14.9. The maximum atomic E-state index is 12.2. The van der Waals surface area contributed by atoms with E-state index in [1.165, 1.54) is 0 Å². The minimum Gasteiger partial charge on any atom is -0.495 e. The summed E-state index contributed by atoms with van der Waals surface area (Å²) in [7, 11) is 1.64. The summed E-state index contributed by atoms with van der Waals surface area (Å²) in [4.78, 5) is 14.1. The van der Waals surface area contributed by atoms with Crippen molar-refractivity contribution >= 4 is 11.6 Å². The number of methoxy groups -OCH3 is 1. The summed E-state index contributed by atoms with van der Waals surface area (Å²) in [6, 6.07) is 8.42. The average molecular weight is 276 g/mol. The second kappa shape index (κ2) is 6.75. The van der Waals surface area contributed by atoms with Gasteiger partial charge in [0.25, 0.3) is 0 Å².